The van der Waals surface area contributed by atoms with E-state index in [9.17, 15) is 18.4 Å². The van der Waals surface area contributed by atoms with Crippen molar-refractivity contribution in [3.63, 3.8) is 0 Å². The lowest BCUT2D eigenvalue weighted by atomic mass is 9.78. The first kappa shape index (κ1) is 34.5. The Balaban J connectivity index is 0.000000369. The van der Waals surface area contributed by atoms with Gasteiger partial charge in [-0.2, -0.15) is 4.39 Å². The largest absolute Gasteiger partial charge is 0.494 e. The van der Waals surface area contributed by atoms with Crippen molar-refractivity contribution in [3.05, 3.63) is 89.0 Å². The number of rotatable bonds is 13. The van der Waals surface area contributed by atoms with Crippen LogP contribution in [0.5, 0.6) is 17.2 Å². The quantitative estimate of drug-likeness (QED) is 0.153. The molecule has 238 valence electrons. The average Bonchev–Trinajstić information content (AvgIpc) is 3.03. The van der Waals surface area contributed by atoms with Gasteiger partial charge in [-0.1, -0.05) is 57.9 Å². The van der Waals surface area contributed by atoms with Gasteiger partial charge in [0.1, 0.15) is 11.5 Å². The molecule has 1 fully saturated rings. The van der Waals surface area contributed by atoms with E-state index in [1.165, 1.54) is 81.3 Å². The first-order valence-corrected chi connectivity index (χ1v) is 15.6. The monoisotopic (exact) mass is 610 g/mol. The van der Waals surface area contributed by atoms with Gasteiger partial charge >= 0.3 is 11.9 Å². The van der Waals surface area contributed by atoms with Gasteiger partial charge in [0.25, 0.3) is 0 Å². The van der Waals surface area contributed by atoms with Gasteiger partial charge in [-0.05, 0) is 98.7 Å². The molecule has 1 aliphatic rings. The topological polar surface area (TPSA) is 82.1 Å². The summed E-state index contributed by atoms with van der Waals surface area (Å²) in [5.41, 5.74) is 0.863. The molecule has 0 spiro atoms. The van der Waals surface area contributed by atoms with Gasteiger partial charge < -0.3 is 19.3 Å². The van der Waals surface area contributed by atoms with Gasteiger partial charge in [-0.25, -0.2) is 14.0 Å². The lowest BCUT2D eigenvalue weighted by Crippen LogP contribution is -2.15. The number of esters is 1. The van der Waals surface area contributed by atoms with Crippen molar-refractivity contribution in [1.82, 2.24) is 0 Å². The fraction of sp³-hybridized carbons (Fsp3) is 0.444. The molecule has 0 atom stereocenters. The molecule has 8 heteroatoms. The molecular weight excluding hydrogens is 566 g/mol. The third-order valence-electron chi connectivity index (χ3n) is 7.90. The fourth-order valence-corrected chi connectivity index (χ4v) is 5.38. The van der Waals surface area contributed by atoms with E-state index >= 15 is 0 Å². The van der Waals surface area contributed by atoms with Crippen LogP contribution in [0.15, 0.2) is 60.7 Å². The molecule has 1 aliphatic carbocycles. The molecule has 0 bridgehead atoms. The highest BCUT2D eigenvalue weighted by atomic mass is 19.2. The molecule has 1 N–H and O–H groups in total. The summed E-state index contributed by atoms with van der Waals surface area (Å²) in [5, 5.41) is 8.56. The van der Waals surface area contributed by atoms with Crippen molar-refractivity contribution in [2.24, 2.45) is 11.8 Å². The van der Waals surface area contributed by atoms with E-state index in [0.29, 0.717) is 42.6 Å². The number of hydrogen-bond acceptors (Lipinski definition) is 5. The number of carboxylic acid groups (broad SMARTS) is 1. The molecule has 0 aliphatic heterocycles. The Kier molecular flexibility index (Phi) is 14.1. The van der Waals surface area contributed by atoms with Crippen LogP contribution in [-0.4, -0.2) is 30.3 Å². The summed E-state index contributed by atoms with van der Waals surface area (Å²) in [6.07, 6.45) is 10.1. The lowest BCUT2D eigenvalue weighted by molar-refractivity contribution is 0.0693. The maximum absolute atomic E-state index is 14.6. The summed E-state index contributed by atoms with van der Waals surface area (Å²) >= 11 is 0. The second-order valence-corrected chi connectivity index (χ2v) is 11.0. The van der Waals surface area contributed by atoms with E-state index in [0.717, 1.165) is 12.3 Å². The number of aryl methyl sites for hydroxylation is 1. The van der Waals surface area contributed by atoms with Crippen LogP contribution in [0.1, 0.15) is 98.4 Å². The van der Waals surface area contributed by atoms with E-state index < -0.39 is 23.6 Å². The Morgan fingerprint density at radius 3 is 1.75 bits per heavy atom. The number of ether oxygens (including phenoxy) is 3. The molecule has 3 aromatic rings. The summed E-state index contributed by atoms with van der Waals surface area (Å²) < 4.78 is 44.8. The SMILES string of the molecule is CCCCC1CCC(CCc2ccc(OC(=O)c3ccc(OCC)cc3)c(F)c2F)CC1.CCOc1ccc(C(=O)O)cc1. The normalized spacial score (nSPS) is 15.9. The van der Waals surface area contributed by atoms with Crippen LogP contribution in [0.2, 0.25) is 0 Å². The summed E-state index contributed by atoms with van der Waals surface area (Å²) in [5.74, 6) is -1.33. The molecule has 1 saturated carbocycles. The smallest absolute Gasteiger partial charge is 0.343 e. The van der Waals surface area contributed by atoms with E-state index in [4.69, 9.17) is 19.3 Å². The summed E-state index contributed by atoms with van der Waals surface area (Å²) in [7, 11) is 0. The second-order valence-electron chi connectivity index (χ2n) is 11.0. The zero-order valence-corrected chi connectivity index (χ0v) is 26.0. The lowest BCUT2D eigenvalue weighted by Gasteiger charge is -2.28. The molecule has 0 saturated heterocycles. The Labute approximate surface area is 259 Å². The van der Waals surface area contributed by atoms with Crippen LogP contribution < -0.4 is 14.2 Å². The number of aromatic carboxylic acids is 1. The van der Waals surface area contributed by atoms with Gasteiger partial charge in [0, 0.05) is 0 Å². The standard InChI is InChI=1S/C27H34F2O3.C9H10O3/c1-3-5-6-19-7-9-20(10-8-19)11-12-21-15-18-24(26(29)25(21)28)32-27(30)22-13-16-23(17-14-22)31-4-2;1-2-12-8-5-3-7(4-6-8)9(10)11/h13-20H,3-12H2,1-2H3;3-6H,2H2,1H3,(H,10,11). The predicted octanol–water partition coefficient (Wildman–Crippen LogP) is 9.30. The molecule has 3 aromatic carbocycles. The zero-order valence-electron chi connectivity index (χ0n) is 26.0. The number of benzene rings is 3. The van der Waals surface area contributed by atoms with Crippen LogP contribution in [-0.2, 0) is 6.42 Å². The number of unbranched alkanes of at least 4 members (excludes halogenated alkanes) is 1. The molecule has 6 nitrogen and oxygen atoms in total. The minimum atomic E-state index is -1.11. The van der Waals surface area contributed by atoms with Gasteiger partial charge in [-0.3, -0.25) is 0 Å². The highest BCUT2D eigenvalue weighted by Crippen LogP contribution is 2.35. The molecule has 0 amide bonds. The second kappa shape index (κ2) is 18.0. The fourth-order valence-electron chi connectivity index (χ4n) is 5.38. The highest BCUT2D eigenvalue weighted by molar-refractivity contribution is 5.91. The molecule has 0 heterocycles. The maximum Gasteiger partial charge on any atom is 0.343 e. The Bertz CT molecular complexity index is 1320. The van der Waals surface area contributed by atoms with Crippen LogP contribution in [0.4, 0.5) is 8.78 Å². The third-order valence-corrected chi connectivity index (χ3v) is 7.90. The number of carbonyl (C=O) groups excluding carboxylic acids is 1. The van der Waals surface area contributed by atoms with Crippen molar-refractivity contribution >= 4 is 11.9 Å². The zero-order chi connectivity index (χ0) is 31.9. The predicted molar refractivity (Wildman–Crippen MR) is 167 cm³/mol. The van der Waals surface area contributed by atoms with Gasteiger partial charge in [0.15, 0.2) is 11.6 Å². The molecule has 4 rings (SSSR count). The van der Waals surface area contributed by atoms with Crippen molar-refractivity contribution in [1.29, 1.82) is 0 Å². The van der Waals surface area contributed by atoms with Crippen molar-refractivity contribution in [3.8, 4) is 17.2 Å². The number of halogens is 2. The number of carboxylic acids is 1. The van der Waals surface area contributed by atoms with E-state index in [1.807, 2.05) is 13.8 Å². The van der Waals surface area contributed by atoms with Crippen LogP contribution in [0.3, 0.4) is 0 Å². The maximum atomic E-state index is 14.6. The Hall–Kier alpha value is -3.94. The highest BCUT2D eigenvalue weighted by Gasteiger charge is 2.22. The summed E-state index contributed by atoms with van der Waals surface area (Å²) in [6.45, 7) is 7.08. The van der Waals surface area contributed by atoms with Gasteiger partial charge in [0.05, 0.1) is 24.3 Å². The van der Waals surface area contributed by atoms with Gasteiger partial charge in [-0.15, -0.1) is 0 Å². The Morgan fingerprint density at radius 1 is 0.727 bits per heavy atom. The first-order chi connectivity index (χ1) is 21.2. The third kappa shape index (κ3) is 10.6. The minimum Gasteiger partial charge on any atom is -0.494 e. The van der Waals surface area contributed by atoms with Crippen molar-refractivity contribution in [2.75, 3.05) is 13.2 Å². The van der Waals surface area contributed by atoms with E-state index in [1.54, 1.807) is 24.3 Å². The van der Waals surface area contributed by atoms with Crippen molar-refractivity contribution in [2.45, 2.75) is 78.6 Å². The number of hydrogen-bond donors (Lipinski definition) is 1. The van der Waals surface area contributed by atoms with Crippen molar-refractivity contribution < 1.29 is 37.7 Å². The van der Waals surface area contributed by atoms with Crippen LogP contribution >= 0.6 is 0 Å². The van der Waals surface area contributed by atoms with Crippen LogP contribution in [0, 0.1) is 23.5 Å². The van der Waals surface area contributed by atoms with Crippen LogP contribution in [0.25, 0.3) is 0 Å². The molecular formula is C36H44F2O6. The van der Waals surface area contributed by atoms with E-state index in [-0.39, 0.29) is 16.9 Å². The number of carbonyl (C=O) groups is 2. The summed E-state index contributed by atoms with van der Waals surface area (Å²) in [4.78, 5) is 22.7. The Morgan fingerprint density at radius 2 is 1.25 bits per heavy atom. The minimum absolute atomic E-state index is 0.242. The molecule has 44 heavy (non-hydrogen) atoms. The molecule has 0 radical (unpaired) electrons. The molecule has 0 unspecified atom stereocenters. The van der Waals surface area contributed by atoms with E-state index in [2.05, 4.69) is 6.92 Å². The molecule has 0 aromatic heterocycles. The summed E-state index contributed by atoms with van der Waals surface area (Å²) in [6, 6.07) is 15.6. The first-order valence-electron chi connectivity index (χ1n) is 15.6. The average molecular weight is 611 g/mol. The van der Waals surface area contributed by atoms with Gasteiger partial charge in [0.2, 0.25) is 5.82 Å².